The number of carbonyl (C=O) groups is 2. The Morgan fingerprint density at radius 2 is 0.792 bits per heavy atom. The first kappa shape index (κ1) is 75.2. The summed E-state index contributed by atoms with van der Waals surface area (Å²) in [6.07, 6.45) is 69.7. The van der Waals surface area contributed by atoms with Crippen LogP contribution in [0.15, 0.2) is 36.5 Å². The Balaban J connectivity index is 5.10. The smallest absolute Gasteiger partial charge is 0.306 e. The average molecular weight is 1110 g/mol. The minimum atomic E-state index is -4.70. The van der Waals surface area contributed by atoms with Crippen molar-refractivity contribution in [3.63, 3.8) is 0 Å². The van der Waals surface area contributed by atoms with Crippen LogP contribution in [-0.4, -0.2) is 69.4 Å². The number of nitrogens with one attached hydrogen (secondary N) is 1. The predicted molar refractivity (Wildman–Crippen MR) is 330 cm³/mol. The Bertz CT molecular complexity index is 1410. The van der Waals surface area contributed by atoms with Crippen molar-refractivity contribution in [2.45, 2.75) is 341 Å². The maximum atomic E-state index is 13.6. The number of hydrogen-bond donors (Lipinski definition) is 1. The molecule has 454 valence electrons. The second kappa shape index (κ2) is 57.5. The first-order valence-electron chi connectivity index (χ1n) is 33.3. The lowest BCUT2D eigenvalue weighted by atomic mass is 10.0. The molecule has 0 saturated heterocycles. The molecule has 3 atom stereocenters. The van der Waals surface area contributed by atoms with Crippen molar-refractivity contribution >= 4 is 19.7 Å². The van der Waals surface area contributed by atoms with Gasteiger partial charge < -0.3 is 28.5 Å². The lowest BCUT2D eigenvalue weighted by Crippen LogP contribution is -2.47. The minimum absolute atomic E-state index is 0.0201. The molecule has 1 amide bonds. The highest BCUT2D eigenvalue weighted by Gasteiger charge is 2.27. The maximum Gasteiger partial charge on any atom is 0.306 e. The third-order valence-corrected chi connectivity index (χ3v) is 16.0. The SMILES string of the molecule is CCCCC/C=C\C/C=C\CCCCCCCCCCCCCC(=O)NC(COP(=O)([O-])OCC[N+](C)(C)C)C(/C=C/CCCCCCCCCCC)OC(=O)CCCCCCCCCCCCCCCCCCCCC. The lowest BCUT2D eigenvalue weighted by molar-refractivity contribution is -0.870. The molecule has 0 heterocycles. The fourth-order valence-electron chi connectivity index (χ4n) is 9.91. The zero-order chi connectivity index (χ0) is 56.4. The summed E-state index contributed by atoms with van der Waals surface area (Å²) < 4.78 is 30.4. The van der Waals surface area contributed by atoms with Crippen molar-refractivity contribution < 1.29 is 37.3 Å². The van der Waals surface area contributed by atoms with E-state index in [1.165, 1.54) is 231 Å². The molecule has 0 bridgehead atoms. The number of esters is 1. The molecule has 77 heavy (non-hydrogen) atoms. The fourth-order valence-corrected chi connectivity index (χ4v) is 10.6. The van der Waals surface area contributed by atoms with Gasteiger partial charge in [0.05, 0.1) is 33.8 Å². The standard InChI is InChI=1S/C67H129N2O7P/c1-7-10-13-16-19-22-25-27-29-31-33-34-36-37-39-41-44-47-50-53-56-59-66(70)68-64(63-75-77(72,73)74-62-61-69(4,5)6)65(58-55-52-49-46-43-24-21-18-15-12-9-3)76-67(71)60-57-54-51-48-45-42-40-38-35-32-30-28-26-23-20-17-14-11-8-2/h19,22,27,29,55,58,64-65H,7-18,20-21,23-26,28,30-54,56-57,59-63H2,1-6H3,(H-,68,70,72,73)/b22-19-,29-27-,58-55+. The van der Waals surface area contributed by atoms with E-state index in [0.29, 0.717) is 17.4 Å². The van der Waals surface area contributed by atoms with Crippen LogP contribution in [0.5, 0.6) is 0 Å². The van der Waals surface area contributed by atoms with Crippen LogP contribution in [0.2, 0.25) is 0 Å². The second-order valence-corrected chi connectivity index (χ2v) is 25.4. The zero-order valence-corrected chi connectivity index (χ0v) is 52.8. The largest absolute Gasteiger partial charge is 0.756 e. The molecule has 0 saturated carbocycles. The van der Waals surface area contributed by atoms with Gasteiger partial charge in [-0.3, -0.25) is 14.2 Å². The van der Waals surface area contributed by atoms with Gasteiger partial charge in [-0.1, -0.05) is 289 Å². The van der Waals surface area contributed by atoms with Crippen LogP contribution in [0.25, 0.3) is 0 Å². The second-order valence-electron chi connectivity index (χ2n) is 24.0. The summed E-state index contributed by atoms with van der Waals surface area (Å²) >= 11 is 0. The molecule has 0 aliphatic rings. The summed E-state index contributed by atoms with van der Waals surface area (Å²) in [6.45, 7) is 6.86. The molecule has 0 aromatic heterocycles. The molecular formula is C67H129N2O7P. The number of carbonyl (C=O) groups excluding carboxylic acids is 2. The maximum absolute atomic E-state index is 13.6. The Hall–Kier alpha value is -1.77. The molecule has 0 rings (SSSR count). The molecular weight excluding hydrogens is 976 g/mol. The van der Waals surface area contributed by atoms with Crippen LogP contribution in [0.4, 0.5) is 0 Å². The quantitative estimate of drug-likeness (QED) is 0.0212. The van der Waals surface area contributed by atoms with Gasteiger partial charge in [-0.2, -0.15) is 0 Å². The van der Waals surface area contributed by atoms with E-state index in [1.54, 1.807) is 0 Å². The summed E-state index contributed by atoms with van der Waals surface area (Å²) in [7, 11) is 1.20. The van der Waals surface area contributed by atoms with Gasteiger partial charge in [0.25, 0.3) is 7.82 Å². The highest BCUT2D eigenvalue weighted by Crippen LogP contribution is 2.38. The van der Waals surface area contributed by atoms with Crippen molar-refractivity contribution in [3.05, 3.63) is 36.5 Å². The summed E-state index contributed by atoms with van der Waals surface area (Å²) in [6, 6.07) is -0.885. The van der Waals surface area contributed by atoms with Crippen LogP contribution in [0.1, 0.15) is 329 Å². The Morgan fingerprint density at radius 1 is 0.455 bits per heavy atom. The molecule has 10 heteroatoms. The number of rotatable bonds is 61. The van der Waals surface area contributed by atoms with Gasteiger partial charge in [0.2, 0.25) is 5.91 Å². The Morgan fingerprint density at radius 3 is 1.19 bits per heavy atom. The van der Waals surface area contributed by atoms with Gasteiger partial charge in [0.15, 0.2) is 0 Å². The number of phosphoric ester groups is 1. The summed E-state index contributed by atoms with van der Waals surface area (Å²) in [5.41, 5.74) is 0. The van der Waals surface area contributed by atoms with E-state index in [2.05, 4.69) is 50.4 Å². The van der Waals surface area contributed by atoms with Crippen molar-refractivity contribution in [2.75, 3.05) is 40.9 Å². The molecule has 0 aliphatic carbocycles. The van der Waals surface area contributed by atoms with Crippen molar-refractivity contribution in [1.82, 2.24) is 5.32 Å². The molecule has 0 radical (unpaired) electrons. The Labute approximate surface area is 478 Å². The average Bonchev–Trinajstić information content (AvgIpc) is 3.39. The summed E-state index contributed by atoms with van der Waals surface area (Å²) in [5, 5.41) is 3.04. The van der Waals surface area contributed by atoms with Gasteiger partial charge in [0.1, 0.15) is 19.3 Å². The number of ether oxygens (including phenoxy) is 1. The molecule has 9 nitrogen and oxygen atoms in total. The van der Waals surface area contributed by atoms with E-state index in [0.717, 1.165) is 64.2 Å². The molecule has 0 spiro atoms. The first-order chi connectivity index (χ1) is 37.4. The topological polar surface area (TPSA) is 114 Å². The van der Waals surface area contributed by atoms with Crippen LogP contribution < -0.4 is 10.2 Å². The Kier molecular flexibility index (Phi) is 56.1. The van der Waals surface area contributed by atoms with Gasteiger partial charge in [-0.15, -0.1) is 0 Å². The first-order valence-corrected chi connectivity index (χ1v) is 34.8. The highest BCUT2D eigenvalue weighted by atomic mass is 31.2. The predicted octanol–water partition coefficient (Wildman–Crippen LogP) is 20.0. The molecule has 0 aromatic rings. The minimum Gasteiger partial charge on any atom is -0.756 e. The third kappa shape index (κ3) is 58.7. The lowest BCUT2D eigenvalue weighted by Gasteiger charge is -2.30. The number of hydrogen-bond acceptors (Lipinski definition) is 7. The zero-order valence-electron chi connectivity index (χ0n) is 51.9. The van der Waals surface area contributed by atoms with E-state index < -0.39 is 20.0 Å². The van der Waals surface area contributed by atoms with Crippen LogP contribution in [0.3, 0.4) is 0 Å². The molecule has 0 fully saturated rings. The van der Waals surface area contributed by atoms with E-state index >= 15 is 0 Å². The highest BCUT2D eigenvalue weighted by molar-refractivity contribution is 7.45. The molecule has 0 aliphatic heterocycles. The normalized spacial score (nSPS) is 13.8. The summed E-state index contributed by atoms with van der Waals surface area (Å²) in [4.78, 5) is 40.0. The number of nitrogens with zero attached hydrogens (tertiary/aromatic N) is 1. The number of amides is 1. The van der Waals surface area contributed by atoms with E-state index in [9.17, 15) is 19.0 Å². The van der Waals surface area contributed by atoms with Crippen LogP contribution in [-0.2, 0) is 27.9 Å². The van der Waals surface area contributed by atoms with Gasteiger partial charge >= 0.3 is 5.97 Å². The number of allylic oxidation sites excluding steroid dienone is 5. The van der Waals surface area contributed by atoms with E-state index in [1.807, 2.05) is 33.3 Å². The van der Waals surface area contributed by atoms with Crippen molar-refractivity contribution in [3.8, 4) is 0 Å². The number of likely N-dealkylation sites (N-methyl/N-ethyl adjacent to an activating group) is 1. The third-order valence-electron chi connectivity index (χ3n) is 15.1. The van der Waals surface area contributed by atoms with Gasteiger partial charge in [0, 0.05) is 12.8 Å². The van der Waals surface area contributed by atoms with Gasteiger partial charge in [-0.05, 0) is 63.9 Å². The summed E-state index contributed by atoms with van der Waals surface area (Å²) in [5.74, 6) is -0.527. The van der Waals surface area contributed by atoms with Crippen LogP contribution >= 0.6 is 7.82 Å². The van der Waals surface area contributed by atoms with Crippen molar-refractivity contribution in [1.29, 1.82) is 0 Å². The molecule has 0 aromatic carbocycles. The number of quaternary nitrogens is 1. The van der Waals surface area contributed by atoms with Gasteiger partial charge in [-0.25, -0.2) is 0 Å². The molecule has 3 unspecified atom stereocenters. The monoisotopic (exact) mass is 1100 g/mol. The van der Waals surface area contributed by atoms with Crippen LogP contribution in [0, 0.1) is 0 Å². The van der Waals surface area contributed by atoms with Crippen molar-refractivity contribution in [2.24, 2.45) is 0 Å². The fraction of sp³-hybridized carbons (Fsp3) is 0.881. The molecule has 1 N–H and O–H groups in total. The number of phosphoric acid groups is 1. The number of unbranched alkanes of at least 4 members (excludes halogenated alkanes) is 41. The van der Waals surface area contributed by atoms with E-state index in [4.69, 9.17) is 13.8 Å². The van der Waals surface area contributed by atoms with E-state index in [-0.39, 0.29) is 31.5 Å².